The van der Waals surface area contributed by atoms with Gasteiger partial charge >= 0.3 is 23.9 Å². The molecule has 1 aromatic rings. The maximum Gasteiger partial charge on any atom is 0.314 e. The highest BCUT2D eigenvalue weighted by molar-refractivity contribution is 5.82. The van der Waals surface area contributed by atoms with Gasteiger partial charge in [-0.1, -0.05) is 0 Å². The molecule has 4 aliphatic heterocycles. The van der Waals surface area contributed by atoms with Crippen LogP contribution in [0.15, 0.2) is 12.1 Å². The van der Waals surface area contributed by atoms with Crippen LogP contribution in [0.25, 0.3) is 0 Å². The zero-order valence-electron chi connectivity index (χ0n) is 36.8. The molecule has 0 N–H and O–H groups in total. The highest BCUT2D eigenvalue weighted by Crippen LogP contribution is 2.45. The van der Waals surface area contributed by atoms with E-state index in [0.29, 0.717) is 99.5 Å². The van der Waals surface area contributed by atoms with Crippen molar-refractivity contribution in [3.63, 3.8) is 0 Å². The summed E-state index contributed by atoms with van der Waals surface area (Å²) in [6, 6.07) is 2.88. The van der Waals surface area contributed by atoms with Crippen molar-refractivity contribution < 1.29 is 57.1 Å². The largest absolute Gasteiger partial charge is 0.422 e. The number of esters is 4. The lowest BCUT2D eigenvalue weighted by atomic mass is 9.80. The molecule has 0 amide bonds. The minimum atomic E-state index is -0.395. The molecule has 4 saturated carbocycles. The first-order chi connectivity index (χ1) is 30.3. The first kappa shape index (κ1) is 44.2. The Balaban J connectivity index is 0.910. The minimum absolute atomic E-state index is 0.00299. The number of rotatable bonds is 20. The van der Waals surface area contributed by atoms with Crippen molar-refractivity contribution in [3.8, 4) is 23.0 Å². The van der Waals surface area contributed by atoms with E-state index in [2.05, 4.69) is 0 Å². The van der Waals surface area contributed by atoms with Crippen LogP contribution in [0.2, 0.25) is 0 Å². The molecule has 8 fully saturated rings. The van der Waals surface area contributed by atoms with E-state index >= 15 is 0 Å². The first-order valence-electron chi connectivity index (χ1n) is 24.8. The monoisotopic (exact) mass is 862 g/mol. The van der Waals surface area contributed by atoms with E-state index in [1.807, 2.05) is 0 Å². The molecule has 342 valence electrons. The fourth-order valence-electron chi connectivity index (χ4n) is 11.0. The average Bonchev–Trinajstić information content (AvgIpc) is 4.09. The number of carbonyl (C=O) groups excluding carboxylic acids is 4. The molecule has 4 saturated heterocycles. The smallest absolute Gasteiger partial charge is 0.314 e. The average molecular weight is 863 g/mol. The molecule has 12 nitrogen and oxygen atoms in total. The summed E-state index contributed by atoms with van der Waals surface area (Å²) in [5.41, 5.74) is 0. The van der Waals surface area contributed by atoms with Crippen molar-refractivity contribution >= 4 is 23.9 Å². The highest BCUT2D eigenvalue weighted by Gasteiger charge is 2.37. The Kier molecular flexibility index (Phi) is 14.8. The molecular weight excluding hydrogens is 793 g/mol. The van der Waals surface area contributed by atoms with Gasteiger partial charge in [-0.3, -0.25) is 19.2 Å². The van der Waals surface area contributed by atoms with Crippen LogP contribution in [0, 0.1) is 47.3 Å². The molecule has 9 rings (SSSR count). The summed E-state index contributed by atoms with van der Waals surface area (Å²) in [6.45, 7) is 3.43. The van der Waals surface area contributed by atoms with Crippen LogP contribution in [-0.2, 0) is 38.1 Å². The van der Waals surface area contributed by atoms with Crippen molar-refractivity contribution in [2.45, 2.75) is 179 Å². The summed E-state index contributed by atoms with van der Waals surface area (Å²) in [7, 11) is 0. The highest BCUT2D eigenvalue weighted by atomic mass is 16.6. The lowest BCUT2D eigenvalue weighted by Gasteiger charge is -2.29. The summed E-state index contributed by atoms with van der Waals surface area (Å²) in [4.78, 5) is 55.7. The Morgan fingerprint density at radius 2 is 0.532 bits per heavy atom. The van der Waals surface area contributed by atoms with Crippen LogP contribution in [0.1, 0.15) is 154 Å². The zero-order valence-corrected chi connectivity index (χ0v) is 36.8. The van der Waals surface area contributed by atoms with E-state index in [1.54, 1.807) is 0 Å². The van der Waals surface area contributed by atoms with Crippen LogP contribution in [0.4, 0.5) is 0 Å². The lowest BCUT2D eigenvalue weighted by Crippen LogP contribution is -2.28. The zero-order chi connectivity index (χ0) is 42.4. The Morgan fingerprint density at radius 1 is 0.339 bits per heavy atom. The van der Waals surface area contributed by atoms with Gasteiger partial charge in [0.25, 0.3) is 0 Å². The maximum absolute atomic E-state index is 13.9. The normalized spacial score (nSPS) is 35.0. The van der Waals surface area contributed by atoms with Gasteiger partial charge in [-0.2, -0.15) is 0 Å². The second-order valence-corrected chi connectivity index (χ2v) is 20.4. The van der Waals surface area contributed by atoms with Crippen LogP contribution in [0.5, 0.6) is 23.0 Å². The van der Waals surface area contributed by atoms with Gasteiger partial charge in [-0.15, -0.1) is 0 Å². The van der Waals surface area contributed by atoms with Gasteiger partial charge in [0.05, 0.1) is 74.5 Å². The van der Waals surface area contributed by atoms with Gasteiger partial charge in [0.2, 0.25) is 0 Å². The molecule has 0 bridgehead atoms. The fourth-order valence-corrected chi connectivity index (χ4v) is 11.0. The van der Waals surface area contributed by atoms with Gasteiger partial charge in [0.1, 0.15) is 0 Å². The summed E-state index contributed by atoms with van der Waals surface area (Å²) < 4.78 is 46.3. The number of hydrogen-bond acceptors (Lipinski definition) is 12. The molecular formula is C50H70O12. The number of carbonyl (C=O) groups is 4. The third kappa shape index (κ3) is 13.0. The summed E-state index contributed by atoms with van der Waals surface area (Å²) in [5, 5.41) is 0. The van der Waals surface area contributed by atoms with Gasteiger partial charge in [-0.25, -0.2) is 0 Å². The molecule has 0 radical (unpaired) electrons. The Morgan fingerprint density at radius 3 is 0.710 bits per heavy atom. The molecule has 0 spiro atoms. The SMILES string of the molecule is O=C(Oc1cc(OC(=O)C2CCC(CCC3CO3)CC2)c(OC(=O)C2CCC(CCC3CO3)CC2)cc1OC(=O)C1CCC(CCC2CO2)CC1)C1CCC(CCC2CO2)CC1. The van der Waals surface area contributed by atoms with Gasteiger partial charge in [0, 0.05) is 12.1 Å². The van der Waals surface area contributed by atoms with Gasteiger partial charge in [-0.05, 0) is 178 Å². The third-order valence-electron chi connectivity index (χ3n) is 15.8. The summed E-state index contributed by atoms with van der Waals surface area (Å²) in [5.74, 6) is -0.542. The predicted molar refractivity (Wildman–Crippen MR) is 227 cm³/mol. The van der Waals surface area contributed by atoms with E-state index in [0.717, 1.165) is 129 Å². The summed E-state index contributed by atoms with van der Waals surface area (Å²) >= 11 is 0. The molecule has 12 heteroatoms. The second-order valence-electron chi connectivity index (χ2n) is 20.4. The molecule has 62 heavy (non-hydrogen) atoms. The second kappa shape index (κ2) is 20.8. The standard InChI is InChI=1S/C50H70O12/c51-47(35-13-1-31(2-14-35)9-21-39-27-55-39)59-43-25-45(61-49(53)37-17-5-33(6-18-37)11-23-41-29-57-41)46(62-50(54)38-19-7-34(8-20-38)12-24-42-30-58-42)26-44(43)60-48(52)36-15-3-32(4-16-36)10-22-40-28-56-40/h25-26,31-42H,1-24,27-30H2. The van der Waals surface area contributed by atoms with Crippen molar-refractivity contribution in [2.24, 2.45) is 47.3 Å². The molecule has 4 unspecified atom stereocenters. The van der Waals surface area contributed by atoms with E-state index in [-0.39, 0.29) is 46.7 Å². The predicted octanol–water partition coefficient (Wildman–Crippen LogP) is 9.25. The summed E-state index contributed by atoms with van der Waals surface area (Å²) in [6.07, 6.45) is 23.5. The molecule has 8 aliphatic rings. The van der Waals surface area contributed by atoms with E-state index in [1.165, 1.54) is 12.1 Å². The Labute approximate surface area is 367 Å². The van der Waals surface area contributed by atoms with Crippen molar-refractivity contribution in [3.05, 3.63) is 12.1 Å². The van der Waals surface area contributed by atoms with E-state index in [4.69, 9.17) is 37.9 Å². The van der Waals surface area contributed by atoms with Crippen LogP contribution in [-0.4, -0.2) is 74.7 Å². The van der Waals surface area contributed by atoms with E-state index < -0.39 is 23.9 Å². The molecule has 4 heterocycles. The van der Waals surface area contributed by atoms with Gasteiger partial charge < -0.3 is 37.9 Å². The van der Waals surface area contributed by atoms with Crippen LogP contribution >= 0.6 is 0 Å². The van der Waals surface area contributed by atoms with E-state index in [9.17, 15) is 19.2 Å². The number of benzene rings is 1. The minimum Gasteiger partial charge on any atom is -0.422 e. The number of ether oxygens (including phenoxy) is 8. The van der Waals surface area contributed by atoms with Crippen molar-refractivity contribution in [1.82, 2.24) is 0 Å². The van der Waals surface area contributed by atoms with Crippen molar-refractivity contribution in [1.29, 1.82) is 0 Å². The number of hydrogen-bond donors (Lipinski definition) is 0. The Hall–Kier alpha value is -3.06. The van der Waals surface area contributed by atoms with Crippen molar-refractivity contribution in [2.75, 3.05) is 26.4 Å². The van der Waals surface area contributed by atoms with Crippen LogP contribution < -0.4 is 18.9 Å². The van der Waals surface area contributed by atoms with Gasteiger partial charge in [0.15, 0.2) is 23.0 Å². The lowest BCUT2D eigenvalue weighted by molar-refractivity contribution is -0.144. The molecule has 4 atom stereocenters. The number of epoxide rings is 4. The van der Waals surface area contributed by atoms with Crippen LogP contribution in [0.3, 0.4) is 0 Å². The quantitative estimate of drug-likeness (QED) is 0.0697. The third-order valence-corrected chi connectivity index (χ3v) is 15.8. The Bertz CT molecular complexity index is 1440. The fraction of sp³-hybridized carbons (Fsp3) is 0.800. The molecule has 1 aromatic carbocycles. The molecule has 0 aromatic heterocycles. The topological polar surface area (TPSA) is 155 Å². The maximum atomic E-state index is 13.9. The first-order valence-corrected chi connectivity index (χ1v) is 24.8. The molecule has 4 aliphatic carbocycles.